The van der Waals surface area contributed by atoms with Gasteiger partial charge in [-0.1, -0.05) is 18.2 Å². The van der Waals surface area contributed by atoms with Crippen molar-refractivity contribution in [3.8, 4) is 0 Å². The summed E-state index contributed by atoms with van der Waals surface area (Å²) in [6, 6.07) is 13.9. The van der Waals surface area contributed by atoms with E-state index < -0.39 is 0 Å². The first kappa shape index (κ1) is 14.2. The number of hydrogen-bond acceptors (Lipinski definition) is 1. The van der Waals surface area contributed by atoms with Crippen molar-refractivity contribution in [3.05, 3.63) is 64.7 Å². The molecule has 0 saturated carbocycles. The largest absolute Gasteiger partial charge is 0.322 e. The van der Waals surface area contributed by atoms with E-state index in [1.165, 1.54) is 23.1 Å². The van der Waals surface area contributed by atoms with Gasteiger partial charge < -0.3 is 5.32 Å². The van der Waals surface area contributed by atoms with E-state index >= 15 is 0 Å². The van der Waals surface area contributed by atoms with Gasteiger partial charge in [0.15, 0.2) is 0 Å². The lowest BCUT2D eigenvalue weighted by Crippen LogP contribution is -2.12. The molecule has 0 bridgehead atoms. The summed E-state index contributed by atoms with van der Waals surface area (Å²) in [4.78, 5) is 12.3. The molecule has 1 amide bonds. The second kappa shape index (κ2) is 6.31. The van der Waals surface area contributed by atoms with Crippen LogP contribution in [-0.4, -0.2) is 11.8 Å². The molecule has 2 nitrogen and oxygen atoms in total. The molecule has 2 aromatic carbocycles. The highest BCUT2D eigenvalue weighted by molar-refractivity contribution is 6.18. The number of amides is 1. The molecule has 3 rings (SSSR count). The average molecular weight is 300 g/mol. The number of hydrogen-bond donors (Lipinski definition) is 1. The highest BCUT2D eigenvalue weighted by Gasteiger charge is 2.13. The first-order valence-electron chi connectivity index (χ1n) is 7.34. The number of halogens is 1. The quantitative estimate of drug-likeness (QED) is 0.842. The summed E-state index contributed by atoms with van der Waals surface area (Å²) >= 11 is 5.72. The van der Waals surface area contributed by atoms with Crippen molar-refractivity contribution >= 4 is 23.2 Å². The molecule has 0 aliphatic heterocycles. The van der Waals surface area contributed by atoms with Crippen LogP contribution in [-0.2, 0) is 19.3 Å². The molecule has 3 heteroatoms. The van der Waals surface area contributed by atoms with Crippen LogP contribution < -0.4 is 5.32 Å². The fraction of sp³-hybridized carbons (Fsp3) is 0.278. The second-order valence-corrected chi connectivity index (χ2v) is 5.81. The zero-order valence-electron chi connectivity index (χ0n) is 11.9. The number of carbonyl (C=O) groups is 1. The van der Waals surface area contributed by atoms with Crippen LogP contribution in [0.1, 0.15) is 33.5 Å². The zero-order chi connectivity index (χ0) is 14.7. The van der Waals surface area contributed by atoms with Gasteiger partial charge in [0.2, 0.25) is 0 Å². The average Bonchev–Trinajstić information content (AvgIpc) is 2.97. The maximum Gasteiger partial charge on any atom is 0.255 e. The summed E-state index contributed by atoms with van der Waals surface area (Å²) in [7, 11) is 0. The van der Waals surface area contributed by atoms with Crippen LogP contribution >= 0.6 is 11.6 Å². The molecule has 108 valence electrons. The van der Waals surface area contributed by atoms with E-state index in [0.29, 0.717) is 5.88 Å². The molecule has 0 spiro atoms. The first-order chi connectivity index (χ1) is 10.3. The maximum absolute atomic E-state index is 12.3. The summed E-state index contributed by atoms with van der Waals surface area (Å²) in [5.41, 5.74) is 5.44. The minimum Gasteiger partial charge on any atom is -0.322 e. The molecule has 0 heterocycles. The number of anilines is 1. The minimum absolute atomic E-state index is 0.0465. The van der Waals surface area contributed by atoms with Gasteiger partial charge in [-0.15, -0.1) is 11.6 Å². The Kier molecular flexibility index (Phi) is 4.26. The lowest BCUT2D eigenvalue weighted by Gasteiger charge is -2.08. The third-order valence-electron chi connectivity index (χ3n) is 3.96. The van der Waals surface area contributed by atoms with E-state index in [4.69, 9.17) is 11.6 Å². The maximum atomic E-state index is 12.3. The third kappa shape index (κ3) is 3.27. The molecule has 0 atom stereocenters. The number of aryl methyl sites for hydroxylation is 3. The van der Waals surface area contributed by atoms with E-state index in [1.54, 1.807) is 0 Å². The molecular weight excluding hydrogens is 282 g/mol. The summed E-state index contributed by atoms with van der Waals surface area (Å²) in [6.45, 7) is 0. The van der Waals surface area contributed by atoms with Gasteiger partial charge in [-0.2, -0.15) is 0 Å². The number of fused-ring (bicyclic) bond motifs is 1. The Morgan fingerprint density at radius 3 is 2.57 bits per heavy atom. The van der Waals surface area contributed by atoms with Gasteiger partial charge in [-0.25, -0.2) is 0 Å². The standard InChI is InChI=1S/C18H18ClNO/c19-11-10-13-4-8-17(9-5-13)20-18(21)16-7-6-14-2-1-3-15(14)12-16/h4-9,12H,1-3,10-11H2,(H,20,21). The van der Waals surface area contributed by atoms with Crippen LogP contribution in [0.5, 0.6) is 0 Å². The second-order valence-electron chi connectivity index (χ2n) is 5.43. The predicted octanol–water partition coefficient (Wildman–Crippen LogP) is 4.21. The van der Waals surface area contributed by atoms with Gasteiger partial charge in [0.25, 0.3) is 5.91 Å². The van der Waals surface area contributed by atoms with E-state index in [1.807, 2.05) is 36.4 Å². The Hall–Kier alpha value is -1.80. The Morgan fingerprint density at radius 1 is 1.05 bits per heavy atom. The Labute approximate surface area is 130 Å². The van der Waals surface area contributed by atoms with Crippen LogP contribution in [0.3, 0.4) is 0 Å². The van der Waals surface area contributed by atoms with Crippen molar-refractivity contribution in [3.63, 3.8) is 0 Å². The lowest BCUT2D eigenvalue weighted by atomic mass is 10.1. The molecule has 1 aliphatic rings. The molecular formula is C18H18ClNO. The monoisotopic (exact) mass is 299 g/mol. The zero-order valence-corrected chi connectivity index (χ0v) is 12.6. The molecule has 0 saturated heterocycles. The predicted molar refractivity (Wildman–Crippen MR) is 87.3 cm³/mol. The number of alkyl halides is 1. The Bertz CT molecular complexity index is 649. The molecule has 2 aromatic rings. The minimum atomic E-state index is -0.0465. The summed E-state index contributed by atoms with van der Waals surface area (Å²) in [5.74, 6) is 0.565. The fourth-order valence-electron chi connectivity index (χ4n) is 2.78. The van der Waals surface area contributed by atoms with Crippen molar-refractivity contribution in [1.29, 1.82) is 0 Å². The molecule has 0 radical (unpaired) electrons. The van der Waals surface area contributed by atoms with E-state index in [2.05, 4.69) is 11.4 Å². The van der Waals surface area contributed by atoms with Crippen LogP contribution in [0.15, 0.2) is 42.5 Å². The van der Waals surface area contributed by atoms with Gasteiger partial charge in [0.05, 0.1) is 0 Å². The molecule has 0 fully saturated rings. The number of carbonyl (C=O) groups excluding carboxylic acids is 1. The van der Waals surface area contributed by atoms with E-state index in [9.17, 15) is 4.79 Å². The Balaban J connectivity index is 1.71. The Morgan fingerprint density at radius 2 is 1.81 bits per heavy atom. The van der Waals surface area contributed by atoms with E-state index in [-0.39, 0.29) is 5.91 Å². The van der Waals surface area contributed by atoms with Crippen molar-refractivity contribution in [2.75, 3.05) is 11.2 Å². The SMILES string of the molecule is O=C(Nc1ccc(CCCl)cc1)c1ccc2c(c1)CCC2. The summed E-state index contributed by atoms with van der Waals surface area (Å²) < 4.78 is 0. The van der Waals surface area contributed by atoms with Crippen LogP contribution in [0.4, 0.5) is 5.69 Å². The van der Waals surface area contributed by atoms with Gasteiger partial charge in [0, 0.05) is 17.1 Å². The van der Waals surface area contributed by atoms with Gasteiger partial charge in [-0.3, -0.25) is 4.79 Å². The third-order valence-corrected chi connectivity index (χ3v) is 4.14. The van der Waals surface area contributed by atoms with Gasteiger partial charge >= 0.3 is 0 Å². The van der Waals surface area contributed by atoms with Crippen molar-refractivity contribution in [2.45, 2.75) is 25.7 Å². The molecule has 1 N–H and O–H groups in total. The highest BCUT2D eigenvalue weighted by Crippen LogP contribution is 2.23. The number of rotatable bonds is 4. The van der Waals surface area contributed by atoms with Crippen molar-refractivity contribution in [1.82, 2.24) is 0 Å². The normalized spacial score (nSPS) is 13.0. The molecule has 0 aromatic heterocycles. The number of nitrogens with one attached hydrogen (secondary N) is 1. The van der Waals surface area contributed by atoms with Crippen molar-refractivity contribution < 1.29 is 4.79 Å². The number of benzene rings is 2. The van der Waals surface area contributed by atoms with Gasteiger partial charge in [0.1, 0.15) is 0 Å². The smallest absolute Gasteiger partial charge is 0.255 e. The van der Waals surface area contributed by atoms with Crippen molar-refractivity contribution in [2.24, 2.45) is 0 Å². The fourth-order valence-corrected chi connectivity index (χ4v) is 3.00. The molecule has 0 unspecified atom stereocenters. The first-order valence-corrected chi connectivity index (χ1v) is 7.88. The molecule has 1 aliphatic carbocycles. The topological polar surface area (TPSA) is 29.1 Å². The van der Waals surface area contributed by atoms with E-state index in [0.717, 1.165) is 30.5 Å². The summed E-state index contributed by atoms with van der Waals surface area (Å²) in [5, 5.41) is 2.95. The highest BCUT2D eigenvalue weighted by atomic mass is 35.5. The van der Waals surface area contributed by atoms with Crippen LogP contribution in [0.25, 0.3) is 0 Å². The lowest BCUT2D eigenvalue weighted by molar-refractivity contribution is 0.102. The molecule has 21 heavy (non-hydrogen) atoms. The summed E-state index contributed by atoms with van der Waals surface area (Å²) in [6.07, 6.45) is 4.27. The van der Waals surface area contributed by atoms with Gasteiger partial charge in [-0.05, 0) is 66.6 Å². The van der Waals surface area contributed by atoms with Crippen LogP contribution in [0, 0.1) is 0 Å². The van der Waals surface area contributed by atoms with Crippen LogP contribution in [0.2, 0.25) is 0 Å².